The zero-order valence-corrected chi connectivity index (χ0v) is 12.7. The van der Waals surface area contributed by atoms with Crippen molar-refractivity contribution in [2.45, 2.75) is 19.3 Å². The first-order valence-electron chi connectivity index (χ1n) is 7.40. The normalized spacial score (nSPS) is 24.2. The summed E-state index contributed by atoms with van der Waals surface area (Å²) in [5.74, 6) is -0.492. The highest BCUT2D eigenvalue weighted by Crippen LogP contribution is 2.29. The van der Waals surface area contributed by atoms with E-state index < -0.39 is 15.8 Å². The Morgan fingerprint density at radius 1 is 1.19 bits per heavy atom. The van der Waals surface area contributed by atoms with Gasteiger partial charge in [-0.25, -0.2) is 8.42 Å². The van der Waals surface area contributed by atoms with Crippen LogP contribution < -0.4 is 10.2 Å². The largest absolute Gasteiger partial charge is 0.370 e. The van der Waals surface area contributed by atoms with E-state index in [2.05, 4.69) is 10.2 Å². The van der Waals surface area contributed by atoms with Crippen molar-refractivity contribution in [2.75, 3.05) is 34.8 Å². The van der Waals surface area contributed by atoms with Crippen LogP contribution in [-0.2, 0) is 14.6 Å². The monoisotopic (exact) mass is 308 g/mol. The molecule has 1 atom stereocenters. The van der Waals surface area contributed by atoms with Gasteiger partial charge in [-0.3, -0.25) is 4.79 Å². The summed E-state index contributed by atoms with van der Waals surface area (Å²) >= 11 is 0. The fourth-order valence-corrected chi connectivity index (χ4v) is 4.79. The van der Waals surface area contributed by atoms with E-state index in [1.54, 1.807) is 0 Å². The Bertz CT molecular complexity index is 636. The van der Waals surface area contributed by atoms with Crippen molar-refractivity contribution in [2.24, 2.45) is 5.92 Å². The molecule has 0 aliphatic carbocycles. The highest BCUT2D eigenvalue weighted by Gasteiger charge is 2.33. The fourth-order valence-electron chi connectivity index (χ4n) is 3.05. The first kappa shape index (κ1) is 14.4. The van der Waals surface area contributed by atoms with Crippen molar-refractivity contribution in [3.05, 3.63) is 24.3 Å². The third-order valence-corrected chi connectivity index (χ3v) is 5.98. The van der Waals surface area contributed by atoms with E-state index in [0.29, 0.717) is 6.42 Å². The van der Waals surface area contributed by atoms with Crippen LogP contribution in [0, 0.1) is 5.92 Å². The van der Waals surface area contributed by atoms with Crippen LogP contribution in [0.15, 0.2) is 24.3 Å². The van der Waals surface area contributed by atoms with E-state index in [1.165, 1.54) is 12.8 Å². The van der Waals surface area contributed by atoms with Crippen LogP contribution in [0.5, 0.6) is 0 Å². The van der Waals surface area contributed by atoms with Gasteiger partial charge >= 0.3 is 0 Å². The number of nitrogens with zero attached hydrogens (tertiary/aromatic N) is 1. The van der Waals surface area contributed by atoms with Gasteiger partial charge < -0.3 is 10.2 Å². The predicted octanol–water partition coefficient (Wildman–Crippen LogP) is 1.66. The molecule has 1 amide bonds. The number of sulfone groups is 1. The van der Waals surface area contributed by atoms with Crippen molar-refractivity contribution >= 4 is 27.1 Å². The minimum atomic E-state index is -3.03. The van der Waals surface area contributed by atoms with Crippen LogP contribution in [-0.4, -0.2) is 38.9 Å². The molecular formula is C15H20N2O3S. The molecule has 21 heavy (non-hydrogen) atoms. The molecular weight excluding hydrogens is 288 g/mol. The van der Waals surface area contributed by atoms with Gasteiger partial charge in [0.2, 0.25) is 5.91 Å². The molecule has 1 N–H and O–H groups in total. The van der Waals surface area contributed by atoms with Crippen molar-refractivity contribution < 1.29 is 13.2 Å². The molecule has 0 radical (unpaired) electrons. The Balaban J connectivity index is 1.74. The molecule has 0 spiro atoms. The lowest BCUT2D eigenvalue weighted by atomic mass is 10.1. The Labute approximate surface area is 125 Å². The number of para-hydroxylation sites is 2. The lowest BCUT2D eigenvalue weighted by molar-refractivity contribution is -0.119. The van der Waals surface area contributed by atoms with Crippen molar-refractivity contribution in [1.29, 1.82) is 0 Å². The summed E-state index contributed by atoms with van der Waals surface area (Å²) in [6, 6.07) is 7.74. The first-order chi connectivity index (χ1) is 10.1. The van der Waals surface area contributed by atoms with Gasteiger partial charge in [-0.05, 0) is 31.4 Å². The van der Waals surface area contributed by atoms with Crippen LogP contribution in [0.4, 0.5) is 11.4 Å². The maximum absolute atomic E-state index is 12.3. The quantitative estimate of drug-likeness (QED) is 0.922. The number of anilines is 2. The molecule has 6 heteroatoms. The molecule has 2 aliphatic rings. The second-order valence-electron chi connectivity index (χ2n) is 5.80. The van der Waals surface area contributed by atoms with Crippen LogP contribution in [0.2, 0.25) is 0 Å². The molecule has 0 bridgehead atoms. The molecule has 0 saturated carbocycles. The van der Waals surface area contributed by atoms with E-state index >= 15 is 0 Å². The molecule has 0 unspecified atom stereocenters. The summed E-state index contributed by atoms with van der Waals surface area (Å²) < 4.78 is 23.0. The third-order valence-electron chi connectivity index (χ3n) is 4.21. The topological polar surface area (TPSA) is 66.5 Å². The van der Waals surface area contributed by atoms with E-state index in [4.69, 9.17) is 0 Å². The van der Waals surface area contributed by atoms with Gasteiger partial charge in [0.15, 0.2) is 9.84 Å². The van der Waals surface area contributed by atoms with Gasteiger partial charge in [-0.15, -0.1) is 0 Å². The number of nitrogens with one attached hydrogen (secondary N) is 1. The van der Waals surface area contributed by atoms with E-state index in [9.17, 15) is 13.2 Å². The number of benzene rings is 1. The number of carbonyl (C=O) groups is 1. The van der Waals surface area contributed by atoms with E-state index in [1.807, 2.05) is 24.3 Å². The summed E-state index contributed by atoms with van der Waals surface area (Å²) in [5.41, 5.74) is 1.82. The number of carbonyl (C=O) groups excluding carboxylic acids is 1. The van der Waals surface area contributed by atoms with Gasteiger partial charge in [0.05, 0.1) is 28.8 Å². The van der Waals surface area contributed by atoms with Crippen LogP contribution in [0.25, 0.3) is 0 Å². The Hall–Kier alpha value is -1.56. The Morgan fingerprint density at radius 3 is 2.57 bits per heavy atom. The minimum absolute atomic E-state index is 0.0231. The zero-order chi connectivity index (χ0) is 14.9. The smallest absolute Gasteiger partial charge is 0.228 e. The average molecular weight is 308 g/mol. The second-order valence-corrected chi connectivity index (χ2v) is 8.03. The fraction of sp³-hybridized carbons (Fsp3) is 0.533. The SMILES string of the molecule is O=C(Nc1ccccc1N1CCCC1)[C@H]1CCS(=O)(=O)C1. The predicted molar refractivity (Wildman–Crippen MR) is 83.3 cm³/mol. The van der Waals surface area contributed by atoms with Crippen LogP contribution >= 0.6 is 0 Å². The van der Waals surface area contributed by atoms with Gasteiger partial charge in [0, 0.05) is 13.1 Å². The molecule has 2 fully saturated rings. The van der Waals surface area contributed by atoms with E-state index in [0.717, 1.165) is 24.5 Å². The average Bonchev–Trinajstić information content (AvgIpc) is 3.08. The van der Waals surface area contributed by atoms with Crippen LogP contribution in [0.3, 0.4) is 0 Å². The molecule has 2 aliphatic heterocycles. The lowest BCUT2D eigenvalue weighted by Gasteiger charge is -2.22. The van der Waals surface area contributed by atoms with Gasteiger partial charge in [0.25, 0.3) is 0 Å². The number of hydrogen-bond acceptors (Lipinski definition) is 4. The van der Waals surface area contributed by atoms with Crippen molar-refractivity contribution in [3.63, 3.8) is 0 Å². The van der Waals surface area contributed by atoms with Gasteiger partial charge in [0.1, 0.15) is 0 Å². The highest BCUT2D eigenvalue weighted by molar-refractivity contribution is 7.91. The van der Waals surface area contributed by atoms with Crippen LogP contribution in [0.1, 0.15) is 19.3 Å². The number of rotatable bonds is 3. The molecule has 2 heterocycles. The maximum Gasteiger partial charge on any atom is 0.228 e. The zero-order valence-electron chi connectivity index (χ0n) is 11.9. The first-order valence-corrected chi connectivity index (χ1v) is 9.22. The summed E-state index contributed by atoms with van der Waals surface area (Å²) in [6.07, 6.45) is 2.77. The molecule has 0 aromatic heterocycles. The second kappa shape index (κ2) is 5.67. The van der Waals surface area contributed by atoms with Gasteiger partial charge in [-0.1, -0.05) is 12.1 Å². The molecule has 114 valence electrons. The number of amides is 1. The Morgan fingerprint density at radius 2 is 1.90 bits per heavy atom. The Kier molecular flexibility index (Phi) is 3.89. The number of hydrogen-bond donors (Lipinski definition) is 1. The summed E-state index contributed by atoms with van der Waals surface area (Å²) in [5, 5.41) is 2.92. The standard InChI is InChI=1S/C15H20N2O3S/c18-15(12-7-10-21(19,20)11-12)16-13-5-1-2-6-14(13)17-8-3-4-9-17/h1-2,5-6,12H,3-4,7-11H2,(H,16,18)/t12-/m0/s1. The highest BCUT2D eigenvalue weighted by atomic mass is 32.2. The van der Waals surface area contributed by atoms with E-state index in [-0.39, 0.29) is 17.4 Å². The summed E-state index contributed by atoms with van der Waals surface area (Å²) in [7, 11) is -3.03. The molecule has 5 nitrogen and oxygen atoms in total. The summed E-state index contributed by atoms with van der Waals surface area (Å²) in [4.78, 5) is 14.5. The molecule has 1 aromatic carbocycles. The molecule has 2 saturated heterocycles. The minimum Gasteiger partial charge on any atom is -0.370 e. The summed E-state index contributed by atoms with van der Waals surface area (Å²) in [6.45, 7) is 2.01. The maximum atomic E-state index is 12.3. The molecule has 3 rings (SSSR count). The van der Waals surface area contributed by atoms with Crippen molar-refractivity contribution in [3.8, 4) is 0 Å². The third kappa shape index (κ3) is 3.20. The van der Waals surface area contributed by atoms with Gasteiger partial charge in [-0.2, -0.15) is 0 Å². The van der Waals surface area contributed by atoms with Crippen molar-refractivity contribution in [1.82, 2.24) is 0 Å². The molecule has 1 aromatic rings. The lowest BCUT2D eigenvalue weighted by Crippen LogP contribution is -2.26.